The van der Waals surface area contributed by atoms with Crippen LogP contribution in [0, 0.1) is 6.92 Å². The number of benzene rings is 2. The minimum absolute atomic E-state index is 0.248. The average molecular weight is 407 g/mol. The molecule has 1 heterocycles. The number of nitrogens with zero attached hydrogens (tertiary/aromatic N) is 4. The second-order valence-electron chi connectivity index (χ2n) is 7.35. The fourth-order valence-corrected chi connectivity index (χ4v) is 3.18. The highest BCUT2D eigenvalue weighted by atomic mass is 16.5. The first-order valence-electron chi connectivity index (χ1n) is 9.78. The van der Waals surface area contributed by atoms with Gasteiger partial charge in [0.05, 0.1) is 0 Å². The topological polar surface area (TPSA) is 99.0 Å². The number of tetrazole rings is 1. The van der Waals surface area contributed by atoms with Crippen LogP contribution in [-0.2, 0) is 20.7 Å². The number of aromatic nitrogens is 4. The summed E-state index contributed by atoms with van der Waals surface area (Å²) in [4.78, 5) is 25.2. The number of aryl methyl sites for hydroxylation is 1. The van der Waals surface area contributed by atoms with E-state index in [0.717, 1.165) is 22.4 Å². The predicted molar refractivity (Wildman–Crippen MR) is 112 cm³/mol. The molecule has 1 N–H and O–H groups in total. The molecule has 0 aliphatic rings. The number of para-hydroxylation sites is 1. The molecule has 0 aliphatic heterocycles. The maximum Gasteiger partial charge on any atom is 0.331 e. The van der Waals surface area contributed by atoms with E-state index in [2.05, 4.69) is 34.7 Å². The molecule has 30 heavy (non-hydrogen) atoms. The Bertz CT molecular complexity index is 987. The maximum absolute atomic E-state index is 12.7. The first kappa shape index (κ1) is 21.2. The minimum Gasteiger partial charge on any atom is -0.454 e. The number of carbonyl (C=O) groups excluding carboxylic acids is 2. The normalized spacial score (nSPS) is 11.9. The molecule has 1 atom stereocenters. The molecule has 0 radical (unpaired) electrons. The highest BCUT2D eigenvalue weighted by molar-refractivity contribution is 5.94. The number of anilines is 1. The van der Waals surface area contributed by atoms with Crippen molar-refractivity contribution >= 4 is 17.6 Å². The number of rotatable bonds is 8. The predicted octanol–water partition coefficient (Wildman–Crippen LogP) is 3.07. The summed E-state index contributed by atoms with van der Waals surface area (Å²) in [5.74, 6) is -0.720. The van der Waals surface area contributed by atoms with E-state index in [-0.39, 0.29) is 5.92 Å². The lowest BCUT2D eigenvalue weighted by Crippen LogP contribution is -2.28. The third kappa shape index (κ3) is 5.28. The molecule has 0 fully saturated rings. The van der Waals surface area contributed by atoms with Gasteiger partial charge in [-0.1, -0.05) is 62.4 Å². The number of amides is 1. The molecular formula is C22H25N5O3. The molecule has 1 aromatic heterocycles. The summed E-state index contributed by atoms with van der Waals surface area (Å²) >= 11 is 0. The maximum atomic E-state index is 12.7. The first-order valence-corrected chi connectivity index (χ1v) is 9.78. The monoisotopic (exact) mass is 407 g/mol. The Morgan fingerprint density at radius 2 is 1.87 bits per heavy atom. The Balaban J connectivity index is 1.66. The zero-order valence-corrected chi connectivity index (χ0v) is 17.3. The first-order chi connectivity index (χ1) is 14.5. The summed E-state index contributed by atoms with van der Waals surface area (Å²) in [6.07, 6.45) is 1.71. The zero-order valence-electron chi connectivity index (χ0n) is 17.3. The lowest BCUT2D eigenvalue weighted by Gasteiger charge is -2.18. The smallest absolute Gasteiger partial charge is 0.331 e. The van der Waals surface area contributed by atoms with Gasteiger partial charge in [0.2, 0.25) is 0 Å². The zero-order chi connectivity index (χ0) is 21.5. The molecule has 2 aromatic carbocycles. The lowest BCUT2D eigenvalue weighted by molar-refractivity contribution is -0.151. The van der Waals surface area contributed by atoms with Gasteiger partial charge in [-0.3, -0.25) is 4.79 Å². The fourth-order valence-electron chi connectivity index (χ4n) is 3.18. The van der Waals surface area contributed by atoms with Crippen LogP contribution in [0.15, 0.2) is 54.9 Å². The van der Waals surface area contributed by atoms with Crippen molar-refractivity contribution in [2.24, 2.45) is 0 Å². The number of hydrogen-bond acceptors (Lipinski definition) is 6. The summed E-state index contributed by atoms with van der Waals surface area (Å²) < 4.78 is 6.65. The molecule has 0 aliphatic carbocycles. The van der Waals surface area contributed by atoms with Crippen LogP contribution in [0.4, 0.5) is 5.69 Å². The molecule has 0 saturated heterocycles. The van der Waals surface area contributed by atoms with Crippen LogP contribution in [-0.4, -0.2) is 38.7 Å². The highest BCUT2D eigenvalue weighted by Crippen LogP contribution is 2.27. The van der Waals surface area contributed by atoms with Crippen molar-refractivity contribution in [3.05, 3.63) is 71.5 Å². The average Bonchev–Trinajstić information content (AvgIpc) is 3.27. The summed E-state index contributed by atoms with van der Waals surface area (Å²) in [5.41, 5.74) is 3.68. The number of nitrogens with one attached hydrogen (secondary N) is 1. The molecule has 156 valence electrons. The largest absolute Gasteiger partial charge is 0.454 e. The second kappa shape index (κ2) is 9.78. The van der Waals surface area contributed by atoms with E-state index in [0.29, 0.717) is 6.42 Å². The number of esters is 1. The van der Waals surface area contributed by atoms with Crippen LogP contribution in [0.2, 0.25) is 0 Å². The van der Waals surface area contributed by atoms with E-state index in [1.54, 1.807) is 0 Å². The molecule has 0 unspecified atom stereocenters. The van der Waals surface area contributed by atoms with Gasteiger partial charge in [-0.2, -0.15) is 0 Å². The van der Waals surface area contributed by atoms with E-state index in [4.69, 9.17) is 4.74 Å². The van der Waals surface area contributed by atoms with E-state index in [1.807, 2.05) is 55.5 Å². The van der Waals surface area contributed by atoms with Crippen molar-refractivity contribution in [2.75, 3.05) is 11.9 Å². The number of hydrogen-bond donors (Lipinski definition) is 1. The van der Waals surface area contributed by atoms with Gasteiger partial charge in [-0.15, -0.1) is 5.10 Å². The standard InChI is InChI=1S/C22H25N5O3/c1-15(2)18-11-7-8-16(3)21(18)24-20(28)13-30-22(29)19(27-14-23-25-26-27)12-17-9-5-4-6-10-17/h4-11,14-15,19H,12-13H2,1-3H3,(H,24,28)/t19-/m0/s1. The van der Waals surface area contributed by atoms with Gasteiger partial charge >= 0.3 is 5.97 Å². The summed E-state index contributed by atoms with van der Waals surface area (Å²) in [7, 11) is 0. The Labute approximate surface area is 175 Å². The summed E-state index contributed by atoms with van der Waals surface area (Å²) in [5, 5.41) is 13.9. The third-order valence-electron chi connectivity index (χ3n) is 4.77. The summed E-state index contributed by atoms with van der Waals surface area (Å²) in [6.45, 7) is 5.66. The van der Waals surface area contributed by atoms with Crippen LogP contribution >= 0.6 is 0 Å². The van der Waals surface area contributed by atoms with Gasteiger partial charge in [0.25, 0.3) is 5.91 Å². The van der Waals surface area contributed by atoms with E-state index < -0.39 is 24.5 Å². The second-order valence-corrected chi connectivity index (χ2v) is 7.35. The van der Waals surface area contributed by atoms with E-state index in [9.17, 15) is 9.59 Å². The molecule has 3 aromatic rings. The van der Waals surface area contributed by atoms with Crippen LogP contribution in [0.25, 0.3) is 0 Å². The molecular weight excluding hydrogens is 382 g/mol. The SMILES string of the molecule is Cc1cccc(C(C)C)c1NC(=O)COC(=O)[C@H](Cc1ccccc1)n1cnnn1. The molecule has 0 saturated carbocycles. The Morgan fingerprint density at radius 1 is 1.10 bits per heavy atom. The summed E-state index contributed by atoms with van der Waals surface area (Å²) in [6, 6.07) is 14.6. The van der Waals surface area contributed by atoms with Gasteiger partial charge in [0.1, 0.15) is 6.33 Å². The van der Waals surface area contributed by atoms with Gasteiger partial charge in [-0.05, 0) is 40.0 Å². The van der Waals surface area contributed by atoms with Crippen LogP contribution in [0.1, 0.15) is 42.5 Å². The quantitative estimate of drug-likeness (QED) is 0.576. The minimum atomic E-state index is -0.764. The van der Waals surface area contributed by atoms with Crippen molar-refractivity contribution in [2.45, 2.75) is 39.2 Å². The molecule has 1 amide bonds. The Hall–Kier alpha value is -3.55. The third-order valence-corrected chi connectivity index (χ3v) is 4.77. The molecule has 0 bridgehead atoms. The van der Waals surface area contributed by atoms with Crippen LogP contribution in [0.3, 0.4) is 0 Å². The van der Waals surface area contributed by atoms with Crippen molar-refractivity contribution in [1.29, 1.82) is 0 Å². The number of carbonyl (C=O) groups is 2. The van der Waals surface area contributed by atoms with Crippen LogP contribution in [0.5, 0.6) is 0 Å². The van der Waals surface area contributed by atoms with Gasteiger partial charge in [-0.25, -0.2) is 9.48 Å². The van der Waals surface area contributed by atoms with Gasteiger partial charge in [0, 0.05) is 12.1 Å². The number of ether oxygens (including phenoxy) is 1. The van der Waals surface area contributed by atoms with E-state index >= 15 is 0 Å². The Kier molecular flexibility index (Phi) is 6.90. The van der Waals surface area contributed by atoms with Crippen molar-refractivity contribution in [3.8, 4) is 0 Å². The van der Waals surface area contributed by atoms with E-state index in [1.165, 1.54) is 11.0 Å². The van der Waals surface area contributed by atoms with Crippen molar-refractivity contribution < 1.29 is 14.3 Å². The molecule has 0 spiro atoms. The van der Waals surface area contributed by atoms with Crippen molar-refractivity contribution in [3.63, 3.8) is 0 Å². The van der Waals surface area contributed by atoms with Crippen LogP contribution < -0.4 is 5.32 Å². The molecule has 8 nitrogen and oxygen atoms in total. The Morgan fingerprint density at radius 3 is 2.53 bits per heavy atom. The van der Waals surface area contributed by atoms with Gasteiger partial charge < -0.3 is 10.1 Å². The lowest BCUT2D eigenvalue weighted by atomic mass is 9.98. The fraction of sp³-hybridized carbons (Fsp3) is 0.318. The van der Waals surface area contributed by atoms with Crippen molar-refractivity contribution in [1.82, 2.24) is 20.2 Å². The highest BCUT2D eigenvalue weighted by Gasteiger charge is 2.25. The molecule has 8 heteroatoms. The molecule has 3 rings (SSSR count). The van der Waals surface area contributed by atoms with Gasteiger partial charge in [0.15, 0.2) is 12.6 Å².